The molecular formula is C21H19Br2F3N2O5. The minimum absolute atomic E-state index is 0.00714. The van der Waals surface area contributed by atoms with E-state index in [1.54, 1.807) is 0 Å². The van der Waals surface area contributed by atoms with Gasteiger partial charge in [-0.1, -0.05) is 37.9 Å². The molecule has 1 aliphatic heterocycles. The highest BCUT2D eigenvalue weighted by atomic mass is 79.9. The van der Waals surface area contributed by atoms with E-state index in [-0.39, 0.29) is 27.2 Å². The van der Waals surface area contributed by atoms with Crippen molar-refractivity contribution in [3.63, 3.8) is 0 Å². The van der Waals surface area contributed by atoms with E-state index in [4.69, 9.17) is 4.74 Å². The molecule has 2 bridgehead atoms. The largest absolute Gasteiger partial charge is 0.454 e. The third-order valence-corrected chi connectivity index (χ3v) is 9.78. The van der Waals surface area contributed by atoms with Crippen LogP contribution in [0.5, 0.6) is 0 Å². The van der Waals surface area contributed by atoms with Crippen LogP contribution in [0.15, 0.2) is 24.3 Å². The molecule has 1 aromatic rings. The summed E-state index contributed by atoms with van der Waals surface area (Å²) in [7, 11) is 0. The van der Waals surface area contributed by atoms with Crippen LogP contribution in [0.25, 0.3) is 0 Å². The Bertz CT molecular complexity index is 988. The lowest BCUT2D eigenvalue weighted by atomic mass is 9.81. The van der Waals surface area contributed by atoms with E-state index in [9.17, 15) is 32.3 Å². The Morgan fingerprint density at radius 3 is 2.27 bits per heavy atom. The molecule has 3 amide bonds. The lowest BCUT2D eigenvalue weighted by Crippen LogP contribution is -2.45. The molecular weight excluding hydrogens is 577 g/mol. The van der Waals surface area contributed by atoms with Gasteiger partial charge in [0.25, 0.3) is 5.91 Å². The van der Waals surface area contributed by atoms with Crippen molar-refractivity contribution in [2.45, 2.75) is 35.2 Å². The molecule has 1 N–H and O–H groups in total. The second kappa shape index (κ2) is 8.68. The average Bonchev–Trinajstić information content (AvgIpc) is 3.36. The normalized spacial score (nSPS) is 31.5. The fourth-order valence-corrected chi connectivity index (χ4v) is 6.96. The first-order chi connectivity index (χ1) is 15.4. The van der Waals surface area contributed by atoms with Crippen molar-refractivity contribution in [1.82, 2.24) is 4.90 Å². The number of alkyl halides is 5. The molecule has 0 radical (unpaired) electrons. The zero-order valence-electron chi connectivity index (χ0n) is 17.1. The Hall–Kier alpha value is -1.95. The summed E-state index contributed by atoms with van der Waals surface area (Å²) in [6.45, 7) is 0.573. The Morgan fingerprint density at radius 1 is 1.15 bits per heavy atom. The topological polar surface area (TPSA) is 92.8 Å². The van der Waals surface area contributed by atoms with E-state index in [0.29, 0.717) is 0 Å². The molecule has 4 rings (SSSR count). The van der Waals surface area contributed by atoms with Crippen molar-refractivity contribution in [3.8, 4) is 0 Å². The van der Waals surface area contributed by atoms with Gasteiger partial charge in [-0.2, -0.15) is 13.2 Å². The van der Waals surface area contributed by atoms with Gasteiger partial charge in [-0.15, -0.1) is 0 Å². The van der Waals surface area contributed by atoms with Gasteiger partial charge in [-0.05, 0) is 43.4 Å². The number of carbonyl (C=O) groups excluding carboxylic acids is 4. The highest BCUT2D eigenvalue weighted by molar-refractivity contribution is 9.12. The van der Waals surface area contributed by atoms with E-state index in [2.05, 4.69) is 37.2 Å². The van der Waals surface area contributed by atoms with Gasteiger partial charge in [0.15, 0.2) is 6.61 Å². The maximum atomic E-state index is 13.0. The Labute approximate surface area is 203 Å². The number of hydrogen-bond donors (Lipinski definition) is 1. The van der Waals surface area contributed by atoms with Crippen LogP contribution in [-0.4, -0.2) is 50.9 Å². The molecule has 0 aromatic heterocycles. The molecule has 1 saturated heterocycles. The first-order valence-electron chi connectivity index (χ1n) is 10.2. The number of ether oxygens (including phenoxy) is 1. The summed E-state index contributed by atoms with van der Waals surface area (Å²) in [5.74, 6) is -3.62. The van der Waals surface area contributed by atoms with E-state index >= 15 is 0 Å². The third kappa shape index (κ3) is 4.20. The lowest BCUT2D eigenvalue weighted by Gasteiger charge is -2.28. The number of anilines is 1. The van der Waals surface area contributed by atoms with Crippen LogP contribution in [0.4, 0.5) is 18.9 Å². The molecule has 0 unspecified atom stereocenters. The van der Waals surface area contributed by atoms with Crippen LogP contribution in [0, 0.1) is 23.7 Å². The standard InChI is InChI=1S/C21H19Br2F3N2O5/c1-8(28-18(30)14-11-6-12(15(14)19(28)31)17(23)16(11)22)20(32)33-7-13(29)27-10-4-2-3-9(5-10)21(24,25)26/h2-5,8,11-12,14-17H,6-7H2,1H3,(H,27,29)/t8-,11-,12-,14-,15+,16-,17+/m1/s1. The number of hydrogen-bond acceptors (Lipinski definition) is 5. The Balaban J connectivity index is 1.35. The molecule has 2 aliphatic carbocycles. The van der Waals surface area contributed by atoms with Gasteiger partial charge >= 0.3 is 12.1 Å². The van der Waals surface area contributed by atoms with Crippen LogP contribution in [0.2, 0.25) is 0 Å². The first kappa shape index (κ1) is 24.2. The van der Waals surface area contributed by atoms with Crippen molar-refractivity contribution >= 4 is 61.2 Å². The number of likely N-dealkylation sites (tertiary alicyclic amines) is 1. The molecule has 12 heteroatoms. The Kier molecular flexibility index (Phi) is 6.36. The number of nitrogens with one attached hydrogen (secondary N) is 1. The van der Waals surface area contributed by atoms with Crippen LogP contribution in [0.1, 0.15) is 18.9 Å². The van der Waals surface area contributed by atoms with E-state index < -0.39 is 59.9 Å². The highest BCUT2D eigenvalue weighted by Gasteiger charge is 2.67. The molecule has 7 nitrogen and oxygen atoms in total. The monoisotopic (exact) mass is 594 g/mol. The number of benzene rings is 1. The number of nitrogens with zero attached hydrogens (tertiary/aromatic N) is 1. The molecule has 2 saturated carbocycles. The molecule has 1 heterocycles. The van der Waals surface area contributed by atoms with Crippen molar-refractivity contribution in [1.29, 1.82) is 0 Å². The van der Waals surface area contributed by atoms with Gasteiger partial charge in [0, 0.05) is 15.3 Å². The molecule has 1 aromatic carbocycles. The summed E-state index contributed by atoms with van der Waals surface area (Å²) in [4.78, 5) is 51.5. The molecule has 7 atom stereocenters. The molecule has 178 valence electrons. The summed E-state index contributed by atoms with van der Waals surface area (Å²) in [5.41, 5.74) is -1.05. The van der Waals surface area contributed by atoms with E-state index in [0.717, 1.165) is 29.5 Å². The maximum Gasteiger partial charge on any atom is 0.416 e. The van der Waals surface area contributed by atoms with Gasteiger partial charge < -0.3 is 10.1 Å². The summed E-state index contributed by atoms with van der Waals surface area (Å²) >= 11 is 7.17. The van der Waals surface area contributed by atoms with Crippen LogP contribution < -0.4 is 5.32 Å². The minimum atomic E-state index is -4.57. The molecule has 3 aliphatic rings. The van der Waals surface area contributed by atoms with Crippen molar-refractivity contribution < 1.29 is 37.1 Å². The van der Waals surface area contributed by atoms with Crippen LogP contribution in [0.3, 0.4) is 0 Å². The maximum absolute atomic E-state index is 13.0. The summed E-state index contributed by atoms with van der Waals surface area (Å²) < 4.78 is 43.3. The number of esters is 1. The fraction of sp³-hybridized carbons (Fsp3) is 0.524. The van der Waals surface area contributed by atoms with Crippen LogP contribution in [-0.2, 0) is 30.1 Å². The molecule has 3 fully saturated rings. The van der Waals surface area contributed by atoms with E-state index in [1.165, 1.54) is 13.0 Å². The lowest BCUT2D eigenvalue weighted by molar-refractivity contribution is -0.159. The van der Waals surface area contributed by atoms with Crippen molar-refractivity contribution in [3.05, 3.63) is 29.8 Å². The highest BCUT2D eigenvalue weighted by Crippen LogP contribution is 2.60. The number of fused-ring (bicyclic) bond motifs is 5. The quantitative estimate of drug-likeness (QED) is 0.320. The van der Waals surface area contributed by atoms with Gasteiger partial charge in [-0.3, -0.25) is 19.3 Å². The van der Waals surface area contributed by atoms with Gasteiger partial charge in [-0.25, -0.2) is 4.79 Å². The zero-order chi connectivity index (χ0) is 24.2. The summed E-state index contributed by atoms with van der Waals surface area (Å²) in [6, 6.07) is 2.79. The summed E-state index contributed by atoms with van der Waals surface area (Å²) in [5, 5.41) is 2.22. The SMILES string of the molecule is C[C@H](C(=O)OCC(=O)Nc1cccc(C(F)(F)F)c1)N1C(=O)[C@@H]2[C@H]3C[C@@H]([C@H](Br)[C@@H]3Br)[C@@H]2C1=O. The second-order valence-electron chi connectivity index (χ2n) is 8.46. The Morgan fingerprint density at radius 2 is 1.73 bits per heavy atom. The number of halogens is 5. The van der Waals surface area contributed by atoms with E-state index in [1.807, 2.05) is 0 Å². The second-order valence-corrected chi connectivity index (χ2v) is 10.6. The van der Waals surface area contributed by atoms with Gasteiger partial charge in [0.2, 0.25) is 11.8 Å². The van der Waals surface area contributed by atoms with Crippen molar-refractivity contribution in [2.24, 2.45) is 23.7 Å². The zero-order valence-corrected chi connectivity index (χ0v) is 20.3. The minimum Gasteiger partial charge on any atom is -0.454 e. The number of imide groups is 1. The first-order valence-corrected chi connectivity index (χ1v) is 12.0. The van der Waals surface area contributed by atoms with Crippen molar-refractivity contribution in [2.75, 3.05) is 11.9 Å². The number of carbonyl (C=O) groups is 4. The average molecular weight is 596 g/mol. The molecule has 33 heavy (non-hydrogen) atoms. The predicted octanol–water partition coefficient (Wildman–Crippen LogP) is 3.35. The van der Waals surface area contributed by atoms with Crippen LogP contribution >= 0.6 is 31.9 Å². The molecule has 0 spiro atoms. The predicted molar refractivity (Wildman–Crippen MR) is 116 cm³/mol. The third-order valence-electron chi connectivity index (χ3n) is 6.57. The number of amides is 3. The number of rotatable bonds is 5. The summed E-state index contributed by atoms with van der Waals surface area (Å²) in [6.07, 6.45) is -3.82. The van der Waals surface area contributed by atoms with Gasteiger partial charge in [0.1, 0.15) is 6.04 Å². The van der Waals surface area contributed by atoms with Gasteiger partial charge in [0.05, 0.1) is 17.4 Å². The smallest absolute Gasteiger partial charge is 0.416 e. The fourth-order valence-electron chi connectivity index (χ4n) is 5.09.